The highest BCUT2D eigenvalue weighted by molar-refractivity contribution is 6.07. The van der Waals surface area contributed by atoms with E-state index in [0.29, 0.717) is 63.9 Å². The van der Waals surface area contributed by atoms with Crippen LogP contribution < -0.4 is 21.3 Å². The molecule has 4 saturated heterocycles. The Morgan fingerprint density at radius 3 is 2.12 bits per heavy atom. The molecule has 0 radical (unpaired) electrons. The van der Waals surface area contributed by atoms with Crippen molar-refractivity contribution in [2.45, 2.75) is 95.2 Å². The van der Waals surface area contributed by atoms with Gasteiger partial charge >= 0.3 is 0 Å². The number of aromatic nitrogens is 4. The third-order valence-corrected chi connectivity index (χ3v) is 15.8. The molecule has 8 aromatic rings. The number of aryl methyl sites for hydroxylation is 3. The monoisotopic (exact) mass is 968 g/mol. The second-order valence-electron chi connectivity index (χ2n) is 20.2. The molecule has 7 N–H and O–H groups in total. The maximum atomic E-state index is 17.9. The fourth-order valence-corrected chi connectivity index (χ4v) is 12.4. The summed E-state index contributed by atoms with van der Waals surface area (Å²) in [6.45, 7) is 6.31. The molecule has 362 valence electrons. The third kappa shape index (κ3) is 6.97. The quantitative estimate of drug-likeness (QED) is 0.0538. The molecule has 0 amide bonds. The van der Waals surface area contributed by atoms with Gasteiger partial charge in [-0.05, 0) is 117 Å². The number of benzene rings is 4. The van der Waals surface area contributed by atoms with Gasteiger partial charge in [0.15, 0.2) is 11.6 Å². The number of nitrogen functional groups attached to an aromatic ring is 1. The number of nitrogens with zero attached hydrogens (tertiary/aromatic N) is 5. The average Bonchev–Trinajstić information content (AvgIpc) is 3.83. The molecule has 5 atom stereocenters. The van der Waals surface area contributed by atoms with E-state index in [-0.39, 0.29) is 127 Å². The van der Waals surface area contributed by atoms with Gasteiger partial charge in [-0.2, -0.15) is 0 Å². The van der Waals surface area contributed by atoms with Gasteiger partial charge < -0.3 is 36.6 Å². The van der Waals surface area contributed by atoms with Crippen LogP contribution in [0.4, 0.5) is 29.1 Å². The number of terminal acetylenes is 2. The van der Waals surface area contributed by atoms with Crippen LogP contribution in [0.3, 0.4) is 0 Å². The molecule has 15 heteroatoms. The van der Waals surface area contributed by atoms with Crippen molar-refractivity contribution in [3.05, 3.63) is 123 Å². The summed E-state index contributed by atoms with van der Waals surface area (Å²) in [6, 6.07) is 9.57. The van der Waals surface area contributed by atoms with Crippen molar-refractivity contribution in [1.29, 1.82) is 0 Å². The lowest BCUT2D eigenvalue weighted by molar-refractivity contribution is -0.0140. The lowest BCUT2D eigenvalue weighted by atomic mass is 9.81. The molecule has 4 aliphatic rings. The number of nitrogens with two attached hydrogens (primary N) is 1. The number of phenolic OH excluding ortho intramolecular Hbond substituents is 1. The van der Waals surface area contributed by atoms with Crippen molar-refractivity contribution >= 4 is 54.6 Å². The van der Waals surface area contributed by atoms with Crippen molar-refractivity contribution in [1.82, 2.24) is 30.6 Å². The Labute approximate surface area is 411 Å². The fourth-order valence-electron chi connectivity index (χ4n) is 12.4. The van der Waals surface area contributed by atoms with E-state index in [1.165, 1.54) is 42.6 Å². The first-order valence-corrected chi connectivity index (χ1v) is 24.1. The van der Waals surface area contributed by atoms with Crippen LogP contribution in [0, 0.1) is 68.7 Å². The maximum Gasteiger partial charge on any atom is 0.157 e. The number of hydrogen-bond acceptors (Lipinski definition) is 11. The van der Waals surface area contributed by atoms with E-state index in [1.807, 2.05) is 6.92 Å². The van der Waals surface area contributed by atoms with E-state index < -0.39 is 35.0 Å². The minimum Gasteiger partial charge on any atom is -0.508 e. The molecule has 0 aliphatic carbocycles. The molecular formula is C57H48F4N8O3. The summed E-state index contributed by atoms with van der Waals surface area (Å²) in [5.41, 5.74) is 7.32. The lowest BCUT2D eigenvalue weighted by Gasteiger charge is -2.37. The van der Waals surface area contributed by atoms with Gasteiger partial charge in [0.1, 0.15) is 40.2 Å². The predicted molar refractivity (Wildman–Crippen MR) is 270 cm³/mol. The number of fused-ring (bicyclic) bond motifs is 8. The zero-order valence-corrected chi connectivity index (χ0v) is 39.6. The van der Waals surface area contributed by atoms with Crippen molar-refractivity contribution in [3.63, 3.8) is 0 Å². The predicted octanol–water partition coefficient (Wildman–Crippen LogP) is 8.55. The Hall–Kier alpha value is -7.40. The van der Waals surface area contributed by atoms with Crippen molar-refractivity contribution < 1.29 is 32.9 Å². The van der Waals surface area contributed by atoms with Crippen molar-refractivity contribution in [3.8, 4) is 53.0 Å². The van der Waals surface area contributed by atoms with Crippen LogP contribution in [0.15, 0.2) is 54.9 Å². The largest absolute Gasteiger partial charge is 0.508 e. The van der Waals surface area contributed by atoms with Gasteiger partial charge in [-0.15, -0.1) is 12.8 Å². The van der Waals surface area contributed by atoms with Crippen molar-refractivity contribution in [2.24, 2.45) is 0 Å². The van der Waals surface area contributed by atoms with Gasteiger partial charge in [-0.3, -0.25) is 15.0 Å². The molecule has 2 unspecified atom stereocenters. The summed E-state index contributed by atoms with van der Waals surface area (Å²) in [5.74, 6) is 2.21. The molecular weight excluding hydrogens is 921 g/mol. The van der Waals surface area contributed by atoms with Gasteiger partial charge in [-0.1, -0.05) is 17.9 Å². The zero-order chi connectivity index (χ0) is 50.2. The normalized spacial score (nSPS) is 22.6. The van der Waals surface area contributed by atoms with Crippen LogP contribution in [0.2, 0.25) is 0 Å². The Kier molecular flexibility index (Phi) is 10.5. The molecule has 12 rings (SSSR count). The Balaban J connectivity index is 1.06. The number of aromatic hydroxyl groups is 1. The summed E-state index contributed by atoms with van der Waals surface area (Å²) in [5, 5.41) is 43.4. The van der Waals surface area contributed by atoms with Crippen molar-refractivity contribution in [2.75, 3.05) is 23.7 Å². The number of piperazine rings is 1. The standard InChI is InChI=1S/C57H48F4N8O3/c1-6-35-42(58)11-8-28-12-34(70)18-39(49(28)35)54-52(61)48-26(4)44(68-55(40(48)21-63-54)57(72)19-31-9-10-32(20-57)66-31)14-29-13-43(59)36(7-2)50-37(29)15-30(62)16-38(50)53-51(60)47-25(3)27(5)65-56(41(47)22-64-53)69-23-33-17-46(71)45(24-69)67-33/h1-2,8,11-13,15-16,18,21-22,31-33,45-46,66-67,70-72H,9-10,14,17,19-20,23-24,62H2,3-5H3/t31?,32?,33-,45-,46-,57?/m1/s1. The highest BCUT2D eigenvalue weighted by Gasteiger charge is 2.46. The number of hydrogen-bond donors (Lipinski definition) is 6. The summed E-state index contributed by atoms with van der Waals surface area (Å²) in [6.07, 6.45) is 17.1. The summed E-state index contributed by atoms with van der Waals surface area (Å²) >= 11 is 0. The number of pyridine rings is 4. The molecule has 0 spiro atoms. The Bertz CT molecular complexity index is 3780. The topological polar surface area (TPSA) is 166 Å². The van der Waals surface area contributed by atoms with Crippen LogP contribution in [0.5, 0.6) is 5.75 Å². The Morgan fingerprint density at radius 1 is 0.764 bits per heavy atom. The van der Waals surface area contributed by atoms with Gasteiger partial charge in [0.2, 0.25) is 0 Å². The lowest BCUT2D eigenvalue weighted by Crippen LogP contribution is -2.53. The van der Waals surface area contributed by atoms with E-state index in [2.05, 4.69) is 32.4 Å². The van der Waals surface area contributed by atoms with Gasteiger partial charge in [-0.25, -0.2) is 22.5 Å². The number of phenols is 1. The van der Waals surface area contributed by atoms with E-state index in [4.69, 9.17) is 33.5 Å². The summed E-state index contributed by atoms with van der Waals surface area (Å²) in [4.78, 5) is 21.4. The third-order valence-electron chi connectivity index (χ3n) is 15.8. The van der Waals surface area contributed by atoms with Crippen LogP contribution in [-0.4, -0.2) is 78.6 Å². The summed E-state index contributed by atoms with van der Waals surface area (Å²) < 4.78 is 67.6. The number of rotatable bonds is 6. The molecule has 4 aromatic carbocycles. The van der Waals surface area contributed by atoms with Crippen LogP contribution >= 0.6 is 0 Å². The minimum absolute atomic E-state index is 0.0234. The van der Waals surface area contributed by atoms with Gasteiger partial charge in [0.05, 0.1) is 29.0 Å². The Morgan fingerprint density at radius 2 is 1.43 bits per heavy atom. The van der Waals surface area contributed by atoms with E-state index in [0.717, 1.165) is 12.8 Å². The maximum absolute atomic E-state index is 17.9. The highest BCUT2D eigenvalue weighted by atomic mass is 19.1. The molecule has 4 fully saturated rings. The van der Waals surface area contributed by atoms with E-state index >= 15 is 17.6 Å². The molecule has 4 aliphatic heterocycles. The number of piperidine rings is 1. The molecule has 4 bridgehead atoms. The van der Waals surface area contributed by atoms with Crippen LogP contribution in [0.25, 0.3) is 65.6 Å². The number of nitrogens with one attached hydrogen (secondary N) is 2. The number of aliphatic hydroxyl groups excluding tert-OH is 1. The molecule has 8 heterocycles. The second-order valence-corrected chi connectivity index (χ2v) is 20.2. The van der Waals surface area contributed by atoms with Crippen LogP contribution in [-0.2, 0) is 12.0 Å². The van der Waals surface area contributed by atoms with Gasteiger partial charge in [0, 0.05) is 111 Å². The first-order valence-electron chi connectivity index (χ1n) is 24.1. The highest BCUT2D eigenvalue weighted by Crippen LogP contribution is 2.47. The fraction of sp³-hybridized carbons (Fsp3) is 0.298. The number of halogens is 4. The molecule has 4 aromatic heterocycles. The van der Waals surface area contributed by atoms with Gasteiger partial charge in [0.25, 0.3) is 0 Å². The average molecular weight is 969 g/mol. The molecule has 0 saturated carbocycles. The first-order chi connectivity index (χ1) is 34.5. The van der Waals surface area contributed by atoms with E-state index in [9.17, 15) is 15.3 Å². The van der Waals surface area contributed by atoms with E-state index in [1.54, 1.807) is 26.1 Å². The SMILES string of the molecule is C#Cc1c(F)ccc2cc(O)cc(-c3ncc4c(C5(O)CC6CCC(C5)N6)nc(Cc5cc(F)c(C#C)c6c(-c7ncc8c(N9C[C@H]%10C[C@@H](O)[C@@H](C9)N%10)nc(C)c(C)c8c7F)cc(N)cc56)c(C)c4c3F)c12. The minimum atomic E-state index is -1.53. The second kappa shape index (κ2) is 16.6. The first kappa shape index (κ1) is 45.7. The number of aliphatic hydroxyl groups is 2. The smallest absolute Gasteiger partial charge is 0.157 e. The summed E-state index contributed by atoms with van der Waals surface area (Å²) in [7, 11) is 0. The zero-order valence-electron chi connectivity index (χ0n) is 39.6. The molecule has 72 heavy (non-hydrogen) atoms. The number of anilines is 2. The molecule has 11 nitrogen and oxygen atoms in total. The van der Waals surface area contributed by atoms with Crippen LogP contribution in [0.1, 0.15) is 77.0 Å².